The average Bonchev–Trinajstić information content (AvgIpc) is 2.95. The summed E-state index contributed by atoms with van der Waals surface area (Å²) in [5, 5.41) is 0. The molecule has 1 heteroatoms. The largest absolute Gasteiger partial charge is 0.330 e. The summed E-state index contributed by atoms with van der Waals surface area (Å²) in [6.07, 6.45) is 17.8. The molecule has 0 radical (unpaired) electrons. The fourth-order valence-electron chi connectivity index (χ4n) is 5.33. The molecule has 104 valence electrons. The van der Waals surface area contributed by atoms with Crippen molar-refractivity contribution in [2.24, 2.45) is 28.9 Å². The number of rotatable bonds is 3. The van der Waals surface area contributed by atoms with Crippen molar-refractivity contribution in [2.45, 2.75) is 77.0 Å². The molecule has 0 aromatic carbocycles. The van der Waals surface area contributed by atoms with Crippen molar-refractivity contribution in [1.29, 1.82) is 0 Å². The Morgan fingerprint density at radius 1 is 0.889 bits per heavy atom. The highest BCUT2D eigenvalue weighted by molar-refractivity contribution is 4.94. The van der Waals surface area contributed by atoms with Gasteiger partial charge in [-0.05, 0) is 68.2 Å². The number of hydrogen-bond acceptors (Lipinski definition) is 1. The first-order chi connectivity index (χ1) is 8.81. The highest BCUT2D eigenvalue weighted by Crippen LogP contribution is 2.53. The Kier molecular flexibility index (Phi) is 3.98. The predicted octanol–water partition coefficient (Wildman–Crippen LogP) is 4.50. The highest BCUT2D eigenvalue weighted by atomic mass is 14.6. The first-order valence-electron chi connectivity index (χ1n) is 8.51. The lowest BCUT2D eigenvalue weighted by molar-refractivity contribution is 0.139. The Labute approximate surface area is 113 Å². The summed E-state index contributed by atoms with van der Waals surface area (Å²) < 4.78 is 0. The van der Waals surface area contributed by atoms with E-state index < -0.39 is 0 Å². The summed E-state index contributed by atoms with van der Waals surface area (Å²) in [5.41, 5.74) is 6.77. The molecule has 0 spiro atoms. The maximum atomic E-state index is 6.23. The van der Waals surface area contributed by atoms with E-state index in [4.69, 9.17) is 5.73 Å². The molecule has 0 aromatic rings. The molecule has 2 N–H and O–H groups in total. The van der Waals surface area contributed by atoms with Gasteiger partial charge in [-0.3, -0.25) is 0 Å². The van der Waals surface area contributed by atoms with Gasteiger partial charge in [-0.25, -0.2) is 0 Å². The first kappa shape index (κ1) is 13.0. The molecule has 2 bridgehead atoms. The minimum Gasteiger partial charge on any atom is -0.330 e. The van der Waals surface area contributed by atoms with Crippen molar-refractivity contribution in [2.75, 3.05) is 6.54 Å². The van der Waals surface area contributed by atoms with Crippen molar-refractivity contribution in [3.05, 3.63) is 0 Å². The summed E-state index contributed by atoms with van der Waals surface area (Å²) in [6.45, 7) is 0.959. The lowest BCUT2D eigenvalue weighted by atomic mass is 9.68. The Morgan fingerprint density at radius 3 is 2.17 bits per heavy atom. The molecule has 1 nitrogen and oxygen atoms in total. The summed E-state index contributed by atoms with van der Waals surface area (Å²) in [7, 11) is 0. The maximum Gasteiger partial charge on any atom is -0.00204 e. The zero-order valence-corrected chi connectivity index (χ0v) is 12.0. The average molecular weight is 249 g/mol. The molecule has 18 heavy (non-hydrogen) atoms. The third-order valence-electron chi connectivity index (χ3n) is 6.43. The molecule has 0 heterocycles. The Morgan fingerprint density at radius 2 is 1.61 bits per heavy atom. The van der Waals surface area contributed by atoms with Crippen LogP contribution in [-0.4, -0.2) is 6.54 Å². The van der Waals surface area contributed by atoms with Crippen LogP contribution in [0.3, 0.4) is 0 Å². The normalized spacial score (nSPS) is 39.5. The first-order valence-corrected chi connectivity index (χ1v) is 8.51. The fourth-order valence-corrected chi connectivity index (χ4v) is 5.33. The van der Waals surface area contributed by atoms with Gasteiger partial charge < -0.3 is 5.73 Å². The van der Waals surface area contributed by atoms with E-state index in [9.17, 15) is 0 Å². The number of nitrogens with two attached hydrogens (primary N) is 1. The standard InChI is InChI=1S/C17H31N/c18-13-17(8-4-2-1-3-5-9-17)12-16-11-14-6-7-15(16)10-14/h14-16H,1-13,18H2. The van der Waals surface area contributed by atoms with Gasteiger partial charge in [0.1, 0.15) is 0 Å². The minimum absolute atomic E-state index is 0.537. The predicted molar refractivity (Wildman–Crippen MR) is 77.4 cm³/mol. The van der Waals surface area contributed by atoms with Crippen LogP contribution in [0.25, 0.3) is 0 Å². The summed E-state index contributed by atoms with van der Waals surface area (Å²) in [5.74, 6) is 3.24. The van der Waals surface area contributed by atoms with Crippen LogP contribution in [0, 0.1) is 23.2 Å². The van der Waals surface area contributed by atoms with E-state index >= 15 is 0 Å². The van der Waals surface area contributed by atoms with Gasteiger partial charge in [-0.2, -0.15) is 0 Å². The zero-order valence-electron chi connectivity index (χ0n) is 12.0. The van der Waals surface area contributed by atoms with E-state index in [0.29, 0.717) is 5.41 Å². The molecular formula is C17H31N. The molecule has 3 fully saturated rings. The zero-order chi connectivity index (χ0) is 12.4. The van der Waals surface area contributed by atoms with Crippen molar-refractivity contribution >= 4 is 0 Å². The topological polar surface area (TPSA) is 26.0 Å². The van der Waals surface area contributed by atoms with E-state index in [1.54, 1.807) is 12.8 Å². The van der Waals surface area contributed by atoms with Gasteiger partial charge in [0.05, 0.1) is 0 Å². The van der Waals surface area contributed by atoms with Crippen LogP contribution in [0.5, 0.6) is 0 Å². The molecule has 3 aliphatic rings. The van der Waals surface area contributed by atoms with Crippen LogP contribution < -0.4 is 5.73 Å². The van der Waals surface area contributed by atoms with Crippen LogP contribution >= 0.6 is 0 Å². The summed E-state index contributed by atoms with van der Waals surface area (Å²) >= 11 is 0. The van der Waals surface area contributed by atoms with Crippen molar-refractivity contribution < 1.29 is 0 Å². The minimum atomic E-state index is 0.537. The van der Waals surface area contributed by atoms with Gasteiger partial charge in [0, 0.05) is 0 Å². The second-order valence-electron chi connectivity index (χ2n) is 7.61. The smallest absolute Gasteiger partial charge is 0.00204 e. The number of hydrogen-bond donors (Lipinski definition) is 1. The van der Waals surface area contributed by atoms with E-state index in [-0.39, 0.29) is 0 Å². The molecule has 3 unspecified atom stereocenters. The van der Waals surface area contributed by atoms with Gasteiger partial charge in [-0.1, -0.05) is 38.5 Å². The van der Waals surface area contributed by atoms with Gasteiger partial charge in [0.15, 0.2) is 0 Å². The van der Waals surface area contributed by atoms with E-state index in [1.165, 1.54) is 64.2 Å². The van der Waals surface area contributed by atoms with Crippen molar-refractivity contribution in [3.8, 4) is 0 Å². The van der Waals surface area contributed by atoms with Gasteiger partial charge in [0.25, 0.3) is 0 Å². The third-order valence-corrected chi connectivity index (χ3v) is 6.43. The van der Waals surface area contributed by atoms with E-state index in [2.05, 4.69) is 0 Å². The molecule has 3 rings (SSSR count). The molecular weight excluding hydrogens is 218 g/mol. The van der Waals surface area contributed by atoms with Gasteiger partial charge >= 0.3 is 0 Å². The van der Waals surface area contributed by atoms with Crippen LogP contribution in [0.1, 0.15) is 77.0 Å². The molecule has 0 saturated heterocycles. The lowest BCUT2D eigenvalue weighted by Crippen LogP contribution is -2.34. The maximum absolute atomic E-state index is 6.23. The van der Waals surface area contributed by atoms with Crippen LogP contribution in [0.15, 0.2) is 0 Å². The van der Waals surface area contributed by atoms with Crippen LogP contribution in [0.2, 0.25) is 0 Å². The number of fused-ring (bicyclic) bond motifs is 2. The molecule has 3 atom stereocenters. The van der Waals surface area contributed by atoms with E-state index in [0.717, 1.165) is 24.3 Å². The van der Waals surface area contributed by atoms with Crippen molar-refractivity contribution in [1.82, 2.24) is 0 Å². The summed E-state index contributed by atoms with van der Waals surface area (Å²) in [6, 6.07) is 0. The Bertz CT molecular complexity index is 265. The molecule has 0 amide bonds. The van der Waals surface area contributed by atoms with E-state index in [1.807, 2.05) is 0 Å². The fraction of sp³-hybridized carbons (Fsp3) is 1.00. The molecule has 3 saturated carbocycles. The SMILES string of the molecule is NCC1(CC2CC3CCC2C3)CCCCCCC1. The molecule has 0 aromatic heterocycles. The monoisotopic (exact) mass is 249 g/mol. The van der Waals surface area contributed by atoms with Crippen molar-refractivity contribution in [3.63, 3.8) is 0 Å². The Balaban J connectivity index is 1.62. The van der Waals surface area contributed by atoms with Crippen LogP contribution in [-0.2, 0) is 0 Å². The Hall–Kier alpha value is -0.0400. The lowest BCUT2D eigenvalue weighted by Gasteiger charge is -2.38. The molecule has 3 aliphatic carbocycles. The highest BCUT2D eigenvalue weighted by Gasteiger charge is 2.43. The van der Waals surface area contributed by atoms with Gasteiger partial charge in [-0.15, -0.1) is 0 Å². The quantitative estimate of drug-likeness (QED) is 0.783. The van der Waals surface area contributed by atoms with Crippen LogP contribution in [0.4, 0.5) is 0 Å². The molecule has 0 aliphatic heterocycles. The second-order valence-corrected chi connectivity index (χ2v) is 7.61. The summed E-state index contributed by atoms with van der Waals surface area (Å²) in [4.78, 5) is 0. The third kappa shape index (κ3) is 2.61. The van der Waals surface area contributed by atoms with Gasteiger partial charge in [0.2, 0.25) is 0 Å². The second kappa shape index (κ2) is 5.53.